The first-order valence-electron chi connectivity index (χ1n) is 5.47. The third-order valence-electron chi connectivity index (χ3n) is 1.37. The minimum Gasteiger partial charge on any atom is -0.508 e. The second kappa shape index (κ2) is 3.91. The molecule has 0 aromatic heterocycles. The van der Waals surface area contributed by atoms with Crippen molar-refractivity contribution in [2.75, 3.05) is 0 Å². The standard InChI is InChI=1S/C9H11NO3/c10-8(9(12)13)5-6-2-1-3-7(11)4-6/h1-4,8,11H,5,10H2,(H,12,13)/t8-/m1/s1/i1D,3D,4D,8D. The molecule has 4 N–H and O–H groups in total. The third kappa shape index (κ3) is 2.76. The largest absolute Gasteiger partial charge is 0.508 e. The Morgan fingerprint density at radius 2 is 2.54 bits per heavy atom. The van der Waals surface area contributed by atoms with Gasteiger partial charge in [0.2, 0.25) is 0 Å². The second-order valence-corrected chi connectivity index (χ2v) is 2.42. The van der Waals surface area contributed by atoms with Gasteiger partial charge in [-0.25, -0.2) is 0 Å². The van der Waals surface area contributed by atoms with Crippen LogP contribution in [0.3, 0.4) is 0 Å². The summed E-state index contributed by atoms with van der Waals surface area (Å²) in [4.78, 5) is 10.7. The van der Waals surface area contributed by atoms with E-state index in [9.17, 15) is 9.90 Å². The molecule has 0 fully saturated rings. The van der Waals surface area contributed by atoms with E-state index in [2.05, 4.69) is 0 Å². The van der Waals surface area contributed by atoms with Crippen LogP contribution in [-0.4, -0.2) is 22.2 Å². The van der Waals surface area contributed by atoms with Crippen LogP contribution >= 0.6 is 0 Å². The molecule has 0 bridgehead atoms. The molecule has 0 spiro atoms. The molecule has 0 saturated heterocycles. The number of carboxylic acids is 1. The molecule has 13 heavy (non-hydrogen) atoms. The molecule has 0 unspecified atom stereocenters. The molecule has 1 atom stereocenters. The van der Waals surface area contributed by atoms with Crippen molar-refractivity contribution in [3.05, 3.63) is 29.8 Å². The van der Waals surface area contributed by atoms with Crippen LogP contribution in [0.4, 0.5) is 0 Å². The Morgan fingerprint density at radius 3 is 3.15 bits per heavy atom. The van der Waals surface area contributed by atoms with E-state index < -0.39 is 36.2 Å². The molecule has 0 heterocycles. The van der Waals surface area contributed by atoms with Gasteiger partial charge in [-0.2, -0.15) is 0 Å². The van der Waals surface area contributed by atoms with E-state index in [1.165, 1.54) is 0 Å². The smallest absolute Gasteiger partial charge is 0.320 e. The molecule has 0 aliphatic rings. The number of nitrogens with two attached hydrogens (primary N) is 1. The maximum atomic E-state index is 10.7. The molecule has 0 amide bonds. The zero-order chi connectivity index (χ0) is 13.4. The van der Waals surface area contributed by atoms with Crippen LogP contribution in [0.2, 0.25) is 0 Å². The van der Waals surface area contributed by atoms with Crippen LogP contribution in [-0.2, 0) is 11.2 Å². The Bertz CT molecular complexity index is 476. The van der Waals surface area contributed by atoms with Gasteiger partial charge in [0.15, 0.2) is 0 Å². The average molecular weight is 185 g/mol. The molecule has 0 aliphatic carbocycles. The van der Waals surface area contributed by atoms with Gasteiger partial charge >= 0.3 is 5.97 Å². The summed E-state index contributed by atoms with van der Waals surface area (Å²) >= 11 is 0. The average Bonchev–Trinajstić information content (AvgIpc) is 2.22. The normalized spacial score (nSPS) is 19.2. The second-order valence-electron chi connectivity index (χ2n) is 2.42. The maximum Gasteiger partial charge on any atom is 0.320 e. The van der Waals surface area contributed by atoms with E-state index in [1.54, 1.807) is 0 Å². The fourth-order valence-corrected chi connectivity index (χ4v) is 0.787. The summed E-state index contributed by atoms with van der Waals surface area (Å²) in [6, 6.07) is -2.62. The number of aliphatic carboxylic acids is 1. The van der Waals surface area contributed by atoms with Gasteiger partial charge in [-0.05, 0) is 24.1 Å². The lowest BCUT2D eigenvalue weighted by Gasteiger charge is -2.05. The first kappa shape index (κ1) is 5.24. The summed E-state index contributed by atoms with van der Waals surface area (Å²) < 4.78 is 29.4. The van der Waals surface area contributed by atoms with Gasteiger partial charge < -0.3 is 15.9 Å². The fraction of sp³-hybridized carbons (Fsp3) is 0.222. The van der Waals surface area contributed by atoms with Gasteiger partial charge in [0.05, 0.1) is 5.48 Å². The number of phenolic OH excluding ortho intramolecular Hbond substituents is 1. The summed E-state index contributed by atoms with van der Waals surface area (Å²) in [7, 11) is 0. The van der Waals surface area contributed by atoms with Crippen molar-refractivity contribution < 1.29 is 20.5 Å². The van der Waals surface area contributed by atoms with Crippen LogP contribution < -0.4 is 5.73 Å². The Labute approximate surface area is 81.2 Å². The van der Waals surface area contributed by atoms with Crippen molar-refractivity contribution >= 4 is 5.97 Å². The van der Waals surface area contributed by atoms with Gasteiger partial charge in [-0.3, -0.25) is 4.79 Å². The van der Waals surface area contributed by atoms with Gasteiger partial charge in [0, 0.05) is 0 Å². The van der Waals surface area contributed by atoms with Gasteiger partial charge in [0.25, 0.3) is 0 Å². The molecule has 4 nitrogen and oxygen atoms in total. The third-order valence-corrected chi connectivity index (χ3v) is 1.37. The van der Waals surface area contributed by atoms with E-state index >= 15 is 0 Å². The number of carbonyl (C=O) groups is 1. The summed E-state index contributed by atoms with van der Waals surface area (Å²) in [5.41, 5.74) is 5.14. The summed E-state index contributed by atoms with van der Waals surface area (Å²) in [6.45, 7) is 0. The lowest BCUT2D eigenvalue weighted by molar-refractivity contribution is -0.138. The molecule has 0 saturated carbocycles. The highest BCUT2D eigenvalue weighted by Crippen LogP contribution is 2.11. The predicted octanol–water partition coefficient (Wildman–Crippen LogP) is 0.347. The highest BCUT2D eigenvalue weighted by Gasteiger charge is 2.11. The van der Waals surface area contributed by atoms with Crippen LogP contribution in [0.25, 0.3) is 0 Å². The molecule has 4 heteroatoms. The number of benzene rings is 1. The fourth-order valence-electron chi connectivity index (χ4n) is 0.787. The van der Waals surface area contributed by atoms with Crippen LogP contribution in [0.1, 0.15) is 11.0 Å². The van der Waals surface area contributed by atoms with Crippen molar-refractivity contribution in [1.82, 2.24) is 0 Å². The van der Waals surface area contributed by atoms with Crippen molar-refractivity contribution in [3.63, 3.8) is 0 Å². The zero-order valence-corrected chi connectivity index (χ0v) is 6.66. The molecule has 1 aromatic rings. The first-order valence-corrected chi connectivity index (χ1v) is 3.47. The number of hydrogen-bond donors (Lipinski definition) is 3. The maximum absolute atomic E-state index is 10.7. The lowest BCUT2D eigenvalue weighted by Crippen LogP contribution is -2.32. The van der Waals surface area contributed by atoms with Crippen molar-refractivity contribution in [1.29, 1.82) is 0 Å². The Balaban J connectivity index is 3.21. The topological polar surface area (TPSA) is 83.6 Å². The van der Waals surface area contributed by atoms with Gasteiger partial charge in [-0.15, -0.1) is 0 Å². The monoisotopic (exact) mass is 185 g/mol. The van der Waals surface area contributed by atoms with Crippen molar-refractivity contribution in [2.24, 2.45) is 5.73 Å². The minimum atomic E-state index is -2.34. The molecule has 0 radical (unpaired) electrons. The number of aromatic hydroxyl groups is 1. The Kier molecular flexibility index (Phi) is 1.58. The SMILES string of the molecule is [2H]c1cc(C[C@@]([2H])(N)C(=O)O)c([2H])c(O)c1[2H]. The Hall–Kier alpha value is -1.55. The molecular weight excluding hydrogens is 170 g/mol. The molecule has 70 valence electrons. The lowest BCUT2D eigenvalue weighted by atomic mass is 10.1. The first-order chi connectivity index (χ1) is 7.66. The van der Waals surface area contributed by atoms with E-state index in [1.807, 2.05) is 0 Å². The van der Waals surface area contributed by atoms with E-state index in [0.717, 1.165) is 6.07 Å². The number of carboxylic acid groups (broad SMARTS) is 1. The van der Waals surface area contributed by atoms with Crippen molar-refractivity contribution in [3.8, 4) is 5.75 Å². The quantitative estimate of drug-likeness (QED) is 0.634. The highest BCUT2D eigenvalue weighted by atomic mass is 16.4. The van der Waals surface area contributed by atoms with Crippen LogP contribution in [0.15, 0.2) is 24.2 Å². The van der Waals surface area contributed by atoms with Crippen LogP contribution in [0, 0.1) is 0 Å². The molecule has 0 aliphatic heterocycles. The van der Waals surface area contributed by atoms with E-state index in [-0.39, 0.29) is 11.6 Å². The molecule has 1 aromatic carbocycles. The zero-order valence-electron chi connectivity index (χ0n) is 10.7. The molecular formula is C9H11NO3. The highest BCUT2D eigenvalue weighted by molar-refractivity contribution is 5.73. The van der Waals surface area contributed by atoms with Gasteiger partial charge in [0.1, 0.15) is 11.8 Å². The van der Waals surface area contributed by atoms with E-state index in [0.29, 0.717) is 0 Å². The summed E-state index contributed by atoms with van der Waals surface area (Å²) in [6.07, 6.45) is -0.527. The minimum absolute atomic E-state index is 0.0524. The molecule has 1 rings (SSSR count). The summed E-state index contributed by atoms with van der Waals surface area (Å²) in [5.74, 6) is -2.29. The number of phenols is 1. The summed E-state index contributed by atoms with van der Waals surface area (Å²) in [5, 5.41) is 18.0. The van der Waals surface area contributed by atoms with Crippen LogP contribution in [0.5, 0.6) is 5.75 Å². The Morgan fingerprint density at radius 1 is 1.85 bits per heavy atom. The number of rotatable bonds is 3. The van der Waals surface area contributed by atoms with E-state index in [4.69, 9.17) is 16.3 Å². The predicted molar refractivity (Wildman–Crippen MR) is 47.4 cm³/mol. The van der Waals surface area contributed by atoms with Crippen molar-refractivity contribution in [2.45, 2.75) is 12.4 Å². The van der Waals surface area contributed by atoms with Gasteiger partial charge in [-0.1, -0.05) is 12.1 Å². The number of hydrogen-bond acceptors (Lipinski definition) is 3.